The lowest BCUT2D eigenvalue weighted by atomic mass is 9.95. The Morgan fingerprint density at radius 2 is 2.29 bits per heavy atom. The van der Waals surface area contributed by atoms with Crippen molar-refractivity contribution in [3.05, 3.63) is 30.3 Å². The average molecular weight is 190 g/mol. The van der Waals surface area contributed by atoms with E-state index in [0.717, 1.165) is 25.0 Å². The zero-order chi connectivity index (χ0) is 9.80. The molecule has 0 heterocycles. The molecule has 0 spiro atoms. The lowest BCUT2D eigenvalue weighted by Crippen LogP contribution is -2.27. The van der Waals surface area contributed by atoms with Crippen LogP contribution in [0, 0.1) is 6.07 Å². The summed E-state index contributed by atoms with van der Waals surface area (Å²) in [6.45, 7) is 0. The van der Waals surface area contributed by atoms with Crippen molar-refractivity contribution in [2.75, 3.05) is 0 Å². The van der Waals surface area contributed by atoms with E-state index in [1.165, 1.54) is 0 Å². The molecule has 2 atom stereocenters. The maximum Gasteiger partial charge on any atom is 0.127 e. The second-order valence-corrected chi connectivity index (χ2v) is 3.76. The van der Waals surface area contributed by atoms with E-state index in [-0.39, 0.29) is 6.10 Å². The molecule has 1 aromatic carbocycles. The fourth-order valence-electron chi connectivity index (χ4n) is 1.84. The second kappa shape index (κ2) is 4.47. The molecule has 2 unspecified atom stereocenters. The molecule has 1 aliphatic rings. The van der Waals surface area contributed by atoms with Crippen LogP contribution in [0.15, 0.2) is 24.3 Å². The smallest absolute Gasteiger partial charge is 0.127 e. The minimum absolute atomic E-state index is 0.102. The van der Waals surface area contributed by atoms with Gasteiger partial charge in [0.2, 0.25) is 0 Å². The lowest BCUT2D eigenvalue weighted by molar-refractivity contribution is 0.00874. The van der Waals surface area contributed by atoms with Crippen molar-refractivity contribution in [2.24, 2.45) is 0 Å². The fourth-order valence-corrected chi connectivity index (χ4v) is 1.84. The minimum Gasteiger partial charge on any atom is -0.490 e. The van der Waals surface area contributed by atoms with Crippen LogP contribution in [-0.2, 0) is 5.11 Å². The summed E-state index contributed by atoms with van der Waals surface area (Å²) >= 11 is 0. The highest BCUT2D eigenvalue weighted by Gasteiger charge is 2.22. The minimum atomic E-state index is -0.433. The van der Waals surface area contributed by atoms with Gasteiger partial charge in [0, 0.05) is 12.5 Å². The third kappa shape index (κ3) is 2.48. The molecule has 0 N–H and O–H groups in total. The van der Waals surface area contributed by atoms with Crippen LogP contribution in [0.4, 0.5) is 0 Å². The maximum absolute atomic E-state index is 11.3. The first-order valence-corrected chi connectivity index (χ1v) is 5.14. The van der Waals surface area contributed by atoms with E-state index in [0.29, 0.717) is 6.42 Å². The molecule has 2 radical (unpaired) electrons. The van der Waals surface area contributed by atoms with E-state index in [1.54, 1.807) is 0 Å². The van der Waals surface area contributed by atoms with Crippen LogP contribution in [0.25, 0.3) is 0 Å². The number of hydrogen-bond acceptors (Lipinski definition) is 1. The summed E-state index contributed by atoms with van der Waals surface area (Å²) in [6, 6.07) is 10.5. The van der Waals surface area contributed by atoms with Gasteiger partial charge < -0.3 is 4.74 Å². The summed E-state index contributed by atoms with van der Waals surface area (Å²) < 4.78 is 5.67. The molecule has 0 aromatic heterocycles. The first-order chi connectivity index (χ1) is 6.84. The predicted molar refractivity (Wildman–Crippen MR) is 52.6 cm³/mol. The normalized spacial score (nSPS) is 27.2. The van der Waals surface area contributed by atoms with Crippen molar-refractivity contribution in [3.8, 4) is 5.75 Å². The molecular weight excluding hydrogens is 176 g/mol. The average Bonchev–Trinajstić information content (AvgIpc) is 2.19. The standard InChI is InChI=1S/C12H14O2/c13-10-5-4-8-12(9-10)14-11-6-2-1-3-7-11/h1-3,6,10,12H,4-5,8-9H2. The van der Waals surface area contributed by atoms with E-state index >= 15 is 0 Å². The van der Waals surface area contributed by atoms with Crippen molar-refractivity contribution in [3.63, 3.8) is 0 Å². The van der Waals surface area contributed by atoms with Crippen LogP contribution in [0.5, 0.6) is 5.75 Å². The zero-order valence-electron chi connectivity index (χ0n) is 8.11. The zero-order valence-corrected chi connectivity index (χ0v) is 8.11. The van der Waals surface area contributed by atoms with Gasteiger partial charge in [-0.3, -0.25) is 0 Å². The first-order valence-electron chi connectivity index (χ1n) is 5.14. The molecule has 1 fully saturated rings. The molecular formula is C12H14O2. The Hall–Kier alpha value is -1.02. The van der Waals surface area contributed by atoms with Crippen molar-refractivity contribution >= 4 is 0 Å². The van der Waals surface area contributed by atoms with Gasteiger partial charge >= 0.3 is 0 Å². The molecule has 1 aromatic rings. The van der Waals surface area contributed by atoms with Crippen LogP contribution in [-0.4, -0.2) is 12.2 Å². The van der Waals surface area contributed by atoms with Crippen LogP contribution < -0.4 is 4.74 Å². The Balaban J connectivity index is 1.91. The Morgan fingerprint density at radius 3 is 3.00 bits per heavy atom. The number of benzene rings is 1. The molecule has 1 aliphatic carbocycles. The monoisotopic (exact) mass is 190 g/mol. The molecule has 0 amide bonds. The summed E-state index contributed by atoms with van der Waals surface area (Å²) in [5.41, 5.74) is 0. The van der Waals surface area contributed by atoms with Crippen molar-refractivity contribution in [1.29, 1.82) is 0 Å². The van der Waals surface area contributed by atoms with Crippen LogP contribution in [0.2, 0.25) is 0 Å². The van der Waals surface area contributed by atoms with Gasteiger partial charge in [-0.25, -0.2) is 5.11 Å². The molecule has 14 heavy (non-hydrogen) atoms. The van der Waals surface area contributed by atoms with Gasteiger partial charge in [-0.05, 0) is 25.3 Å². The third-order valence-corrected chi connectivity index (χ3v) is 2.55. The molecule has 2 rings (SSSR count). The Bertz CT molecular complexity index is 271. The van der Waals surface area contributed by atoms with E-state index in [1.807, 2.05) is 24.3 Å². The number of hydrogen-bond donors (Lipinski definition) is 0. The Kier molecular flexibility index (Phi) is 3.04. The molecule has 0 aliphatic heterocycles. The van der Waals surface area contributed by atoms with Crippen molar-refractivity contribution in [2.45, 2.75) is 37.9 Å². The van der Waals surface area contributed by atoms with E-state index < -0.39 is 6.10 Å². The first kappa shape index (κ1) is 9.53. The molecule has 74 valence electrons. The van der Waals surface area contributed by atoms with Gasteiger partial charge in [-0.15, -0.1) is 0 Å². The fraction of sp³-hybridized carbons (Fsp3) is 0.500. The van der Waals surface area contributed by atoms with Crippen molar-refractivity contribution in [1.82, 2.24) is 0 Å². The number of para-hydroxylation sites is 1. The van der Waals surface area contributed by atoms with Crippen LogP contribution >= 0.6 is 0 Å². The Morgan fingerprint density at radius 1 is 1.36 bits per heavy atom. The molecule has 1 saturated carbocycles. The van der Waals surface area contributed by atoms with E-state index in [4.69, 9.17) is 4.74 Å². The van der Waals surface area contributed by atoms with Gasteiger partial charge in [-0.1, -0.05) is 18.2 Å². The highest BCUT2D eigenvalue weighted by atomic mass is 16.5. The van der Waals surface area contributed by atoms with Gasteiger partial charge in [0.25, 0.3) is 0 Å². The topological polar surface area (TPSA) is 29.1 Å². The molecule has 2 heteroatoms. The van der Waals surface area contributed by atoms with E-state index in [9.17, 15) is 5.11 Å². The van der Waals surface area contributed by atoms with Gasteiger partial charge in [0.15, 0.2) is 0 Å². The van der Waals surface area contributed by atoms with Gasteiger partial charge in [0.1, 0.15) is 11.9 Å². The summed E-state index contributed by atoms with van der Waals surface area (Å²) in [6.07, 6.45) is 3.11. The largest absolute Gasteiger partial charge is 0.490 e. The van der Waals surface area contributed by atoms with Crippen LogP contribution in [0.1, 0.15) is 25.7 Å². The summed E-state index contributed by atoms with van der Waals surface area (Å²) in [5.74, 6) is 0.756. The number of ether oxygens (including phenoxy) is 1. The van der Waals surface area contributed by atoms with E-state index in [2.05, 4.69) is 6.07 Å². The summed E-state index contributed by atoms with van der Waals surface area (Å²) in [5, 5.41) is 11.3. The second-order valence-electron chi connectivity index (χ2n) is 3.76. The molecule has 0 bridgehead atoms. The highest BCUT2D eigenvalue weighted by molar-refractivity contribution is 5.19. The number of rotatable bonds is 2. The van der Waals surface area contributed by atoms with Gasteiger partial charge in [0.05, 0.1) is 6.10 Å². The third-order valence-electron chi connectivity index (χ3n) is 2.55. The highest BCUT2D eigenvalue weighted by Crippen LogP contribution is 2.23. The van der Waals surface area contributed by atoms with Crippen molar-refractivity contribution < 1.29 is 9.84 Å². The van der Waals surface area contributed by atoms with Gasteiger partial charge in [-0.2, -0.15) is 0 Å². The maximum atomic E-state index is 11.3. The summed E-state index contributed by atoms with van der Waals surface area (Å²) in [7, 11) is 0. The lowest BCUT2D eigenvalue weighted by Gasteiger charge is -2.25. The molecule has 2 nitrogen and oxygen atoms in total. The SMILES string of the molecule is [O]C1CCCC(Oc2[c]cccc2)C1. The Labute approximate surface area is 84.5 Å². The van der Waals surface area contributed by atoms with Crippen LogP contribution in [0.3, 0.4) is 0 Å². The predicted octanol–water partition coefficient (Wildman–Crippen LogP) is 2.61. The summed E-state index contributed by atoms with van der Waals surface area (Å²) in [4.78, 5) is 0. The quantitative estimate of drug-likeness (QED) is 0.704. The molecule has 0 saturated heterocycles.